The van der Waals surface area contributed by atoms with E-state index in [1.807, 2.05) is 0 Å². The van der Waals surface area contributed by atoms with E-state index in [4.69, 9.17) is 9.47 Å². The summed E-state index contributed by atoms with van der Waals surface area (Å²) in [6.45, 7) is 13.0. The molecule has 150 valence electrons. The van der Waals surface area contributed by atoms with E-state index in [2.05, 4.69) is 44.2 Å². The third kappa shape index (κ3) is 4.26. The third-order valence-corrected chi connectivity index (χ3v) is 8.12. The third-order valence-electron chi connectivity index (χ3n) is 8.12. The summed E-state index contributed by atoms with van der Waals surface area (Å²) >= 11 is 0. The molecule has 27 heavy (non-hydrogen) atoms. The quantitative estimate of drug-likeness (QED) is 0.494. The molecular formula is C24H38NO2+. The fourth-order valence-corrected chi connectivity index (χ4v) is 6.06. The molecular weight excluding hydrogens is 334 g/mol. The Balaban J connectivity index is 1.23. The molecule has 1 aromatic carbocycles. The Bertz CT molecular complexity index is 592. The SMILES string of the molecule is CC1(C)C2CCC(CCOCC[N+]3(Cc4ccccc4)CCOCC3)C1C2. The molecule has 3 nitrogen and oxygen atoms in total. The van der Waals surface area contributed by atoms with Crippen molar-refractivity contribution in [3.63, 3.8) is 0 Å². The fourth-order valence-electron chi connectivity index (χ4n) is 6.06. The maximum atomic E-state index is 6.18. The van der Waals surface area contributed by atoms with Crippen LogP contribution in [-0.4, -0.2) is 50.5 Å². The summed E-state index contributed by atoms with van der Waals surface area (Å²) < 4.78 is 12.9. The van der Waals surface area contributed by atoms with Crippen molar-refractivity contribution in [3.8, 4) is 0 Å². The second-order valence-electron chi connectivity index (χ2n) is 9.87. The van der Waals surface area contributed by atoms with Gasteiger partial charge in [0.05, 0.1) is 19.8 Å². The molecule has 4 aliphatic rings. The average Bonchev–Trinajstić information content (AvgIpc) is 2.69. The van der Waals surface area contributed by atoms with Crippen LogP contribution in [0.3, 0.4) is 0 Å². The maximum absolute atomic E-state index is 6.18. The predicted octanol–water partition coefficient (Wildman–Crippen LogP) is 4.51. The van der Waals surface area contributed by atoms with Crippen molar-refractivity contribution in [2.75, 3.05) is 46.1 Å². The van der Waals surface area contributed by atoms with Crippen molar-refractivity contribution >= 4 is 0 Å². The lowest BCUT2D eigenvalue weighted by molar-refractivity contribution is -0.947. The van der Waals surface area contributed by atoms with Crippen molar-refractivity contribution in [3.05, 3.63) is 35.9 Å². The van der Waals surface area contributed by atoms with Crippen molar-refractivity contribution in [2.45, 2.75) is 46.1 Å². The second-order valence-corrected chi connectivity index (χ2v) is 9.87. The predicted molar refractivity (Wildman–Crippen MR) is 109 cm³/mol. The smallest absolute Gasteiger partial charge is 0.105 e. The number of quaternary nitrogens is 1. The van der Waals surface area contributed by atoms with Gasteiger partial charge in [-0.15, -0.1) is 0 Å². The molecule has 0 spiro atoms. The average molecular weight is 373 g/mol. The topological polar surface area (TPSA) is 18.5 Å². The number of hydrogen-bond donors (Lipinski definition) is 0. The number of morpholine rings is 1. The van der Waals surface area contributed by atoms with Crippen molar-refractivity contribution in [1.82, 2.24) is 0 Å². The summed E-state index contributed by atoms with van der Waals surface area (Å²) in [6.07, 6.45) is 5.63. The van der Waals surface area contributed by atoms with E-state index in [0.29, 0.717) is 5.41 Å². The van der Waals surface area contributed by atoms with Gasteiger partial charge >= 0.3 is 0 Å². The first kappa shape index (κ1) is 19.4. The number of hydrogen-bond acceptors (Lipinski definition) is 2. The normalized spacial score (nSPS) is 31.3. The van der Waals surface area contributed by atoms with Gasteiger partial charge in [-0.05, 0) is 48.9 Å². The lowest BCUT2D eigenvalue weighted by Gasteiger charge is -2.60. The lowest BCUT2D eigenvalue weighted by Crippen LogP contribution is -2.55. The van der Waals surface area contributed by atoms with Crippen LogP contribution in [0.4, 0.5) is 0 Å². The summed E-state index contributed by atoms with van der Waals surface area (Å²) in [5.74, 6) is 2.86. The lowest BCUT2D eigenvalue weighted by atomic mass is 9.45. The van der Waals surface area contributed by atoms with E-state index < -0.39 is 0 Å². The van der Waals surface area contributed by atoms with Gasteiger partial charge in [0.2, 0.25) is 0 Å². The summed E-state index contributed by atoms with van der Waals surface area (Å²) in [7, 11) is 0. The Hall–Kier alpha value is -0.900. The Kier molecular flexibility index (Phi) is 5.92. The van der Waals surface area contributed by atoms with Crippen LogP contribution in [0, 0.1) is 23.2 Å². The van der Waals surface area contributed by atoms with Crippen LogP contribution in [0.15, 0.2) is 30.3 Å². The minimum Gasteiger partial charge on any atom is -0.376 e. The van der Waals surface area contributed by atoms with E-state index in [-0.39, 0.29) is 0 Å². The summed E-state index contributed by atoms with van der Waals surface area (Å²) in [4.78, 5) is 0. The molecule has 1 aliphatic heterocycles. The Morgan fingerprint density at radius 3 is 2.56 bits per heavy atom. The zero-order valence-corrected chi connectivity index (χ0v) is 17.4. The Labute approximate surface area is 165 Å². The molecule has 3 unspecified atom stereocenters. The molecule has 0 radical (unpaired) electrons. The molecule has 3 atom stereocenters. The summed E-state index contributed by atoms with van der Waals surface area (Å²) in [5.41, 5.74) is 2.03. The van der Waals surface area contributed by atoms with Crippen molar-refractivity contribution < 1.29 is 14.0 Å². The number of nitrogens with zero attached hydrogens (tertiary/aromatic N) is 1. The van der Waals surface area contributed by atoms with E-state index in [1.54, 1.807) is 0 Å². The van der Waals surface area contributed by atoms with Gasteiger partial charge in [-0.1, -0.05) is 44.2 Å². The first-order valence-electron chi connectivity index (χ1n) is 11.1. The highest BCUT2D eigenvalue weighted by molar-refractivity contribution is 5.13. The molecule has 2 bridgehead atoms. The van der Waals surface area contributed by atoms with E-state index in [0.717, 1.165) is 74.8 Å². The standard InChI is InChI=1S/C24H38NO2/c1-24(2)22-9-8-21(23(24)18-22)10-14-26-15-11-25(12-16-27-17-13-25)19-20-6-4-3-5-7-20/h3-7,21-23H,8-19H2,1-2H3/q+1. The molecule has 3 heteroatoms. The van der Waals surface area contributed by atoms with Gasteiger partial charge in [0.15, 0.2) is 0 Å². The molecule has 1 heterocycles. The van der Waals surface area contributed by atoms with E-state index >= 15 is 0 Å². The van der Waals surface area contributed by atoms with Gasteiger partial charge in [-0.2, -0.15) is 0 Å². The molecule has 3 aliphatic carbocycles. The molecule has 0 aromatic heterocycles. The number of benzene rings is 1. The molecule has 4 fully saturated rings. The van der Waals surface area contributed by atoms with Crippen LogP contribution in [0.25, 0.3) is 0 Å². The number of ether oxygens (including phenoxy) is 2. The highest BCUT2D eigenvalue weighted by Crippen LogP contribution is 2.61. The second kappa shape index (κ2) is 8.23. The maximum Gasteiger partial charge on any atom is 0.105 e. The van der Waals surface area contributed by atoms with Crippen LogP contribution in [-0.2, 0) is 16.0 Å². The number of fused-ring (bicyclic) bond motifs is 2. The minimum atomic E-state index is 0.599. The number of rotatable bonds is 8. The van der Waals surface area contributed by atoms with Gasteiger partial charge in [0.1, 0.15) is 26.2 Å². The van der Waals surface area contributed by atoms with Gasteiger partial charge in [-0.3, -0.25) is 0 Å². The van der Waals surface area contributed by atoms with Crippen LogP contribution in [0.5, 0.6) is 0 Å². The van der Waals surface area contributed by atoms with Gasteiger partial charge in [0, 0.05) is 12.2 Å². The molecule has 5 rings (SSSR count). The van der Waals surface area contributed by atoms with Crippen LogP contribution in [0.2, 0.25) is 0 Å². The van der Waals surface area contributed by atoms with Gasteiger partial charge in [0.25, 0.3) is 0 Å². The molecule has 0 amide bonds. The van der Waals surface area contributed by atoms with Crippen molar-refractivity contribution in [2.24, 2.45) is 23.2 Å². The first-order chi connectivity index (χ1) is 13.1. The van der Waals surface area contributed by atoms with Gasteiger partial charge in [-0.25, -0.2) is 0 Å². The van der Waals surface area contributed by atoms with Crippen LogP contribution < -0.4 is 0 Å². The molecule has 1 aromatic rings. The van der Waals surface area contributed by atoms with E-state index in [9.17, 15) is 0 Å². The Morgan fingerprint density at radius 2 is 1.85 bits per heavy atom. The first-order valence-corrected chi connectivity index (χ1v) is 11.1. The van der Waals surface area contributed by atoms with Gasteiger partial charge < -0.3 is 14.0 Å². The van der Waals surface area contributed by atoms with E-state index in [1.165, 1.54) is 31.2 Å². The molecule has 1 saturated heterocycles. The highest BCUT2D eigenvalue weighted by atomic mass is 16.5. The minimum absolute atomic E-state index is 0.599. The zero-order valence-electron chi connectivity index (χ0n) is 17.4. The monoisotopic (exact) mass is 372 g/mol. The van der Waals surface area contributed by atoms with Crippen molar-refractivity contribution in [1.29, 1.82) is 0 Å². The molecule has 0 N–H and O–H groups in total. The zero-order chi connectivity index (χ0) is 18.7. The molecule has 3 saturated carbocycles. The highest BCUT2D eigenvalue weighted by Gasteiger charge is 2.53. The van der Waals surface area contributed by atoms with Crippen LogP contribution >= 0.6 is 0 Å². The Morgan fingerprint density at radius 1 is 1.07 bits per heavy atom. The largest absolute Gasteiger partial charge is 0.376 e. The summed E-state index contributed by atoms with van der Waals surface area (Å²) in [6, 6.07) is 10.9. The van der Waals surface area contributed by atoms with Crippen LogP contribution in [0.1, 0.15) is 45.1 Å². The fraction of sp³-hybridized carbons (Fsp3) is 0.750. The summed E-state index contributed by atoms with van der Waals surface area (Å²) in [5, 5.41) is 0.